The molecule has 1 aliphatic heterocycles. The number of ether oxygens (including phenoxy) is 2. The van der Waals surface area contributed by atoms with Crippen molar-refractivity contribution in [3.8, 4) is 11.5 Å². The Balaban J connectivity index is 1.40. The Hall–Kier alpha value is -2.53. The number of nitrogens with one attached hydrogen (secondary N) is 1. The first kappa shape index (κ1) is 21.7. The lowest BCUT2D eigenvalue weighted by atomic mass is 10.0. The van der Waals surface area contributed by atoms with Gasteiger partial charge in [-0.25, -0.2) is 0 Å². The van der Waals surface area contributed by atoms with Gasteiger partial charge in [0, 0.05) is 25.7 Å². The van der Waals surface area contributed by atoms with Crippen LogP contribution in [0.4, 0.5) is 0 Å². The van der Waals surface area contributed by atoms with Crippen LogP contribution in [0.3, 0.4) is 0 Å². The van der Waals surface area contributed by atoms with Crippen LogP contribution in [-0.4, -0.2) is 43.2 Å². The van der Waals surface area contributed by atoms with Crippen LogP contribution in [-0.2, 0) is 6.54 Å². The number of hydrogen-bond acceptors (Lipinski definition) is 4. The number of nitrogens with zero attached hydrogens (tertiary/aromatic N) is 1. The molecule has 5 nitrogen and oxygen atoms in total. The van der Waals surface area contributed by atoms with Crippen molar-refractivity contribution in [1.82, 2.24) is 10.2 Å². The topological polar surface area (TPSA) is 50.8 Å². The highest BCUT2D eigenvalue weighted by Gasteiger charge is 2.28. The number of rotatable bonds is 7. The van der Waals surface area contributed by atoms with Crippen molar-refractivity contribution in [3.63, 3.8) is 0 Å². The summed E-state index contributed by atoms with van der Waals surface area (Å²) in [5.41, 5.74) is 2.80. The molecule has 0 spiro atoms. The minimum atomic E-state index is -0.140. The Morgan fingerprint density at radius 1 is 1.06 bits per heavy atom. The van der Waals surface area contributed by atoms with E-state index in [-0.39, 0.29) is 12.0 Å². The Morgan fingerprint density at radius 3 is 2.55 bits per heavy atom. The molecule has 31 heavy (non-hydrogen) atoms. The smallest absolute Gasteiger partial charge is 0.255 e. The van der Waals surface area contributed by atoms with Crippen molar-refractivity contribution in [3.05, 3.63) is 59.2 Å². The Morgan fingerprint density at radius 2 is 1.84 bits per heavy atom. The first-order valence-electron chi connectivity index (χ1n) is 11.5. The SMILES string of the molecule is COc1ccc(OC2CCN(C3CCCC3)CC2)c(C(=O)NCc2cccc(C)c2)c1. The lowest BCUT2D eigenvalue weighted by molar-refractivity contribution is 0.0749. The number of amides is 1. The molecule has 4 rings (SSSR count). The summed E-state index contributed by atoms with van der Waals surface area (Å²) in [6.07, 6.45) is 7.58. The zero-order valence-corrected chi connectivity index (χ0v) is 18.7. The Labute approximate surface area is 185 Å². The van der Waals surface area contributed by atoms with E-state index in [1.807, 2.05) is 24.3 Å². The van der Waals surface area contributed by atoms with E-state index in [9.17, 15) is 4.79 Å². The molecule has 0 atom stereocenters. The molecule has 1 amide bonds. The lowest BCUT2D eigenvalue weighted by Gasteiger charge is -2.36. The van der Waals surface area contributed by atoms with Crippen molar-refractivity contribution in [1.29, 1.82) is 0 Å². The third-order valence-corrected chi connectivity index (χ3v) is 6.58. The molecular formula is C26H34N2O3. The quantitative estimate of drug-likeness (QED) is 0.702. The van der Waals surface area contributed by atoms with Crippen molar-refractivity contribution in [2.24, 2.45) is 0 Å². The average molecular weight is 423 g/mol. The molecule has 2 aliphatic rings. The molecule has 166 valence electrons. The van der Waals surface area contributed by atoms with Crippen molar-refractivity contribution in [2.45, 2.75) is 64.1 Å². The maximum absolute atomic E-state index is 13.0. The minimum absolute atomic E-state index is 0.140. The van der Waals surface area contributed by atoms with Gasteiger partial charge in [-0.1, -0.05) is 42.7 Å². The number of carbonyl (C=O) groups excluding carboxylic acids is 1. The normalized spacial score (nSPS) is 18.1. The number of methoxy groups -OCH3 is 1. The second-order valence-electron chi connectivity index (χ2n) is 8.83. The standard InChI is InChI=1S/C26H34N2O3/c1-19-6-5-7-20(16-19)18-27-26(29)24-17-23(30-2)10-11-25(24)31-22-12-14-28(15-13-22)21-8-3-4-9-21/h5-7,10-11,16-17,21-22H,3-4,8-9,12-15,18H2,1-2H3,(H,27,29). The summed E-state index contributed by atoms with van der Waals surface area (Å²) in [6.45, 7) is 4.70. The van der Waals surface area contributed by atoms with Crippen LogP contribution in [0.2, 0.25) is 0 Å². The Bertz CT molecular complexity index is 884. The number of benzene rings is 2. The van der Waals surface area contributed by atoms with Crippen molar-refractivity contribution >= 4 is 5.91 Å². The van der Waals surface area contributed by atoms with Crippen LogP contribution in [0.1, 0.15) is 60.0 Å². The number of likely N-dealkylation sites (tertiary alicyclic amines) is 1. The average Bonchev–Trinajstić information content (AvgIpc) is 3.33. The van der Waals surface area contributed by atoms with Crippen LogP contribution in [0, 0.1) is 6.92 Å². The predicted octanol–water partition coefficient (Wildman–Crippen LogP) is 4.72. The summed E-state index contributed by atoms with van der Waals surface area (Å²) in [5, 5.41) is 3.03. The van der Waals surface area contributed by atoms with Gasteiger partial charge in [0.25, 0.3) is 5.91 Å². The van der Waals surface area contributed by atoms with Gasteiger partial charge in [-0.3, -0.25) is 4.79 Å². The first-order chi connectivity index (χ1) is 15.1. The molecule has 1 aliphatic carbocycles. The van der Waals surface area contributed by atoms with E-state index < -0.39 is 0 Å². The Kier molecular flexibility index (Phi) is 7.13. The molecule has 0 radical (unpaired) electrons. The number of aryl methyl sites for hydroxylation is 1. The van der Waals surface area contributed by atoms with E-state index in [0.29, 0.717) is 23.6 Å². The summed E-state index contributed by atoms with van der Waals surface area (Å²) in [5.74, 6) is 1.16. The molecular weight excluding hydrogens is 388 g/mol. The van der Waals surface area contributed by atoms with Gasteiger partial charge in [0.05, 0.1) is 12.7 Å². The number of carbonyl (C=O) groups is 1. The largest absolute Gasteiger partial charge is 0.497 e. The third-order valence-electron chi connectivity index (χ3n) is 6.58. The molecule has 1 N–H and O–H groups in total. The van der Waals surface area contributed by atoms with Gasteiger partial charge in [-0.2, -0.15) is 0 Å². The van der Waals surface area contributed by atoms with Crippen molar-refractivity contribution in [2.75, 3.05) is 20.2 Å². The molecule has 0 bridgehead atoms. The van der Waals surface area contributed by atoms with E-state index in [1.165, 1.54) is 31.2 Å². The highest BCUT2D eigenvalue weighted by Crippen LogP contribution is 2.30. The summed E-state index contributed by atoms with van der Waals surface area (Å²) >= 11 is 0. The molecule has 5 heteroatoms. The fraction of sp³-hybridized carbons (Fsp3) is 0.500. The highest BCUT2D eigenvalue weighted by atomic mass is 16.5. The van der Waals surface area contributed by atoms with Gasteiger partial charge in [-0.05, 0) is 56.4 Å². The van der Waals surface area contributed by atoms with E-state index in [1.54, 1.807) is 13.2 Å². The zero-order valence-electron chi connectivity index (χ0n) is 18.7. The van der Waals surface area contributed by atoms with Gasteiger partial charge in [-0.15, -0.1) is 0 Å². The number of piperidine rings is 1. The van der Waals surface area contributed by atoms with Crippen LogP contribution in [0.5, 0.6) is 11.5 Å². The molecule has 2 aromatic rings. The van der Waals surface area contributed by atoms with Crippen molar-refractivity contribution < 1.29 is 14.3 Å². The maximum atomic E-state index is 13.0. The molecule has 1 saturated carbocycles. The van der Waals surface area contributed by atoms with Crippen LogP contribution >= 0.6 is 0 Å². The highest BCUT2D eigenvalue weighted by molar-refractivity contribution is 5.97. The number of hydrogen-bond donors (Lipinski definition) is 1. The molecule has 2 fully saturated rings. The molecule has 0 aromatic heterocycles. The predicted molar refractivity (Wildman–Crippen MR) is 123 cm³/mol. The third kappa shape index (κ3) is 5.59. The first-order valence-corrected chi connectivity index (χ1v) is 11.5. The summed E-state index contributed by atoms with van der Waals surface area (Å²) in [7, 11) is 1.61. The second-order valence-corrected chi connectivity index (χ2v) is 8.83. The van der Waals surface area contributed by atoms with Crippen LogP contribution in [0.15, 0.2) is 42.5 Å². The van der Waals surface area contributed by atoms with E-state index >= 15 is 0 Å². The van der Waals surface area contributed by atoms with E-state index in [4.69, 9.17) is 9.47 Å². The van der Waals surface area contributed by atoms with E-state index in [0.717, 1.165) is 37.5 Å². The van der Waals surface area contributed by atoms with Crippen LogP contribution < -0.4 is 14.8 Å². The lowest BCUT2D eigenvalue weighted by Crippen LogP contribution is -2.43. The summed E-state index contributed by atoms with van der Waals surface area (Å²) in [4.78, 5) is 15.6. The van der Waals surface area contributed by atoms with Gasteiger partial charge >= 0.3 is 0 Å². The minimum Gasteiger partial charge on any atom is -0.497 e. The molecule has 1 heterocycles. The van der Waals surface area contributed by atoms with Gasteiger partial charge in [0.2, 0.25) is 0 Å². The monoisotopic (exact) mass is 422 g/mol. The molecule has 0 unspecified atom stereocenters. The zero-order chi connectivity index (χ0) is 21.6. The van der Waals surface area contributed by atoms with Gasteiger partial charge in [0.1, 0.15) is 17.6 Å². The fourth-order valence-electron chi connectivity index (χ4n) is 4.82. The maximum Gasteiger partial charge on any atom is 0.255 e. The van der Waals surface area contributed by atoms with Gasteiger partial charge < -0.3 is 19.7 Å². The summed E-state index contributed by atoms with van der Waals surface area (Å²) < 4.78 is 11.7. The molecule has 2 aromatic carbocycles. The summed E-state index contributed by atoms with van der Waals surface area (Å²) in [6, 6.07) is 14.4. The van der Waals surface area contributed by atoms with Crippen LogP contribution in [0.25, 0.3) is 0 Å². The second kappa shape index (κ2) is 10.2. The van der Waals surface area contributed by atoms with E-state index in [2.05, 4.69) is 29.3 Å². The molecule has 1 saturated heterocycles. The van der Waals surface area contributed by atoms with Gasteiger partial charge in [0.15, 0.2) is 0 Å². The fourth-order valence-corrected chi connectivity index (χ4v) is 4.82.